The van der Waals surface area contributed by atoms with Gasteiger partial charge in [0.05, 0.1) is 23.9 Å². The lowest BCUT2D eigenvalue weighted by atomic mass is 9.54. The minimum Gasteiger partial charge on any atom is -0.497 e. The molecule has 4 rings (SSSR count). The van der Waals surface area contributed by atoms with Gasteiger partial charge in [-0.05, 0) is 91.3 Å². The summed E-state index contributed by atoms with van der Waals surface area (Å²) in [4.78, 5) is 4.25. The van der Waals surface area contributed by atoms with Crippen LogP contribution >= 0.6 is 0 Å². The van der Waals surface area contributed by atoms with Crippen molar-refractivity contribution in [2.45, 2.75) is 70.6 Å². The smallest absolute Gasteiger partial charge is 0.416 e. The van der Waals surface area contributed by atoms with Crippen molar-refractivity contribution < 1.29 is 31.1 Å². The number of aryl methyl sites for hydroxylation is 1. The first-order chi connectivity index (χ1) is 16.9. The molecule has 0 saturated heterocycles. The number of ether oxygens (including phenoxy) is 1. The summed E-state index contributed by atoms with van der Waals surface area (Å²) < 4.78 is 85.2. The number of alkyl halides is 6. The van der Waals surface area contributed by atoms with Crippen LogP contribution in [0.2, 0.25) is 0 Å². The van der Waals surface area contributed by atoms with Crippen molar-refractivity contribution in [3.63, 3.8) is 0 Å². The number of nitrogens with zero attached hydrogens (tertiary/aromatic N) is 1. The predicted octanol–water partition coefficient (Wildman–Crippen LogP) is 9.00. The first kappa shape index (κ1) is 26.6. The molecule has 0 aliphatic heterocycles. The predicted molar refractivity (Wildman–Crippen MR) is 128 cm³/mol. The number of methoxy groups -OCH3 is 1. The molecule has 1 fully saturated rings. The highest BCUT2D eigenvalue weighted by Gasteiger charge is 2.47. The van der Waals surface area contributed by atoms with Gasteiger partial charge in [-0.3, -0.25) is 4.99 Å². The van der Waals surface area contributed by atoms with E-state index in [1.165, 1.54) is 11.1 Å². The molecule has 2 aliphatic rings. The van der Waals surface area contributed by atoms with Gasteiger partial charge < -0.3 is 4.74 Å². The zero-order chi connectivity index (χ0) is 26.3. The summed E-state index contributed by atoms with van der Waals surface area (Å²) in [7, 11) is 1.65. The van der Waals surface area contributed by atoms with Gasteiger partial charge in [-0.2, -0.15) is 26.3 Å². The molecule has 0 heterocycles. The Morgan fingerprint density at radius 3 is 2.25 bits per heavy atom. The number of benzene rings is 2. The van der Waals surface area contributed by atoms with Gasteiger partial charge in [0, 0.05) is 11.6 Å². The van der Waals surface area contributed by atoms with Gasteiger partial charge in [-0.25, -0.2) is 0 Å². The molecule has 0 aromatic heterocycles. The molecule has 2 nitrogen and oxygen atoms in total. The summed E-state index contributed by atoms with van der Waals surface area (Å²) >= 11 is 0. The average molecular weight is 512 g/mol. The van der Waals surface area contributed by atoms with E-state index in [-0.39, 0.29) is 17.7 Å². The Morgan fingerprint density at radius 1 is 1.00 bits per heavy atom. The van der Waals surface area contributed by atoms with Crippen LogP contribution in [0.25, 0.3) is 0 Å². The minimum atomic E-state index is -4.89. The summed E-state index contributed by atoms with van der Waals surface area (Å²) in [6.45, 7) is 4.15. The fraction of sp³-hybridized carbons (Fsp3) is 0.536. The van der Waals surface area contributed by atoms with E-state index in [1.807, 2.05) is 6.07 Å². The van der Waals surface area contributed by atoms with E-state index in [4.69, 9.17) is 4.74 Å². The summed E-state index contributed by atoms with van der Waals surface area (Å²) in [5.74, 6) is 1.82. The Balaban J connectivity index is 1.66. The zero-order valence-corrected chi connectivity index (χ0v) is 20.6. The van der Waals surface area contributed by atoms with Crippen LogP contribution in [-0.4, -0.2) is 13.3 Å². The van der Waals surface area contributed by atoms with Gasteiger partial charge in [-0.15, -0.1) is 0 Å². The molecule has 0 radical (unpaired) electrons. The van der Waals surface area contributed by atoms with Crippen molar-refractivity contribution in [2.24, 2.45) is 22.2 Å². The molecule has 0 spiro atoms. The standard InChI is InChI=1S/C28H31F6NO/c1-4-5-25-24-8-6-17-12-21(36-3)7-9-22(17)23(24)10-11-26(25,2)16-35-20-14-18(27(29,30)31)13-19(15-20)28(32,33)34/h7,9,12-16,23-25H,4-6,8,10-11H2,1-3H3/t23-,24-,25+,26-/m1/s1. The van der Waals surface area contributed by atoms with Gasteiger partial charge >= 0.3 is 12.4 Å². The quantitative estimate of drug-likeness (QED) is 0.290. The molecule has 2 aromatic rings. The third-order valence-corrected chi connectivity index (χ3v) is 8.05. The van der Waals surface area contributed by atoms with Crippen molar-refractivity contribution in [1.82, 2.24) is 0 Å². The molecule has 2 aromatic carbocycles. The van der Waals surface area contributed by atoms with Gasteiger partial charge in [-0.1, -0.05) is 26.3 Å². The summed E-state index contributed by atoms with van der Waals surface area (Å²) in [6.07, 6.45) is -2.73. The number of hydrogen-bond donors (Lipinski definition) is 0. The molecule has 0 unspecified atom stereocenters. The van der Waals surface area contributed by atoms with Crippen LogP contribution in [0.5, 0.6) is 5.75 Å². The molecule has 0 amide bonds. The maximum absolute atomic E-state index is 13.3. The molecule has 2 aliphatic carbocycles. The van der Waals surface area contributed by atoms with Crippen molar-refractivity contribution in [3.05, 3.63) is 58.7 Å². The maximum atomic E-state index is 13.3. The Bertz CT molecular complexity index is 1090. The number of rotatable bonds is 5. The topological polar surface area (TPSA) is 21.6 Å². The second-order valence-corrected chi connectivity index (χ2v) is 10.3. The number of aliphatic imine (C=N–C) groups is 1. The van der Waals surface area contributed by atoms with E-state index in [1.54, 1.807) is 13.3 Å². The average Bonchev–Trinajstić information content (AvgIpc) is 2.82. The molecular weight excluding hydrogens is 480 g/mol. The fourth-order valence-corrected chi connectivity index (χ4v) is 6.28. The van der Waals surface area contributed by atoms with Crippen molar-refractivity contribution in [3.8, 4) is 5.75 Å². The molecule has 4 atom stereocenters. The van der Waals surface area contributed by atoms with Crippen molar-refractivity contribution >= 4 is 11.9 Å². The molecule has 196 valence electrons. The second-order valence-electron chi connectivity index (χ2n) is 10.3. The first-order valence-corrected chi connectivity index (χ1v) is 12.4. The van der Waals surface area contributed by atoms with Gasteiger partial charge in [0.25, 0.3) is 0 Å². The summed E-state index contributed by atoms with van der Waals surface area (Å²) in [5, 5.41) is 0. The van der Waals surface area contributed by atoms with Crippen LogP contribution in [0.15, 0.2) is 41.4 Å². The second kappa shape index (κ2) is 9.75. The maximum Gasteiger partial charge on any atom is 0.416 e. The lowest BCUT2D eigenvalue weighted by Gasteiger charge is -2.50. The molecule has 36 heavy (non-hydrogen) atoms. The van der Waals surface area contributed by atoms with E-state index >= 15 is 0 Å². The Labute approximate surface area is 207 Å². The number of fused-ring (bicyclic) bond motifs is 3. The Kier molecular flexibility index (Phi) is 7.19. The monoisotopic (exact) mass is 511 g/mol. The highest BCUT2D eigenvalue weighted by atomic mass is 19.4. The van der Waals surface area contributed by atoms with Crippen molar-refractivity contribution in [2.75, 3.05) is 7.11 Å². The summed E-state index contributed by atoms with van der Waals surface area (Å²) in [5.41, 5.74) is -0.803. The van der Waals surface area contributed by atoms with Crippen LogP contribution in [-0.2, 0) is 18.8 Å². The van der Waals surface area contributed by atoms with E-state index < -0.39 is 28.9 Å². The lowest BCUT2D eigenvalue weighted by Crippen LogP contribution is -2.43. The fourth-order valence-electron chi connectivity index (χ4n) is 6.28. The normalized spacial score (nSPS) is 26.5. The number of halogens is 6. The molecule has 1 saturated carbocycles. The van der Waals surface area contributed by atoms with Crippen LogP contribution in [0.1, 0.15) is 74.1 Å². The Hall–Kier alpha value is -2.51. The van der Waals surface area contributed by atoms with Crippen LogP contribution < -0.4 is 4.74 Å². The third kappa shape index (κ3) is 5.28. The van der Waals surface area contributed by atoms with Crippen LogP contribution in [0.4, 0.5) is 32.0 Å². The van der Waals surface area contributed by atoms with Crippen LogP contribution in [0, 0.1) is 17.3 Å². The lowest BCUT2D eigenvalue weighted by molar-refractivity contribution is -0.143. The molecular formula is C28H31F6NO. The van der Waals surface area contributed by atoms with Gasteiger partial charge in [0.1, 0.15) is 5.75 Å². The zero-order valence-electron chi connectivity index (χ0n) is 20.6. The minimum absolute atomic E-state index is 0.139. The van der Waals surface area contributed by atoms with E-state index in [9.17, 15) is 26.3 Å². The van der Waals surface area contributed by atoms with Gasteiger partial charge in [0.15, 0.2) is 0 Å². The molecule has 0 N–H and O–H groups in total. The summed E-state index contributed by atoms with van der Waals surface area (Å²) in [6, 6.07) is 7.75. The molecule has 8 heteroatoms. The van der Waals surface area contributed by atoms with E-state index in [0.29, 0.717) is 24.0 Å². The SMILES string of the molecule is CCC[C@H]1[C@@H]2CCc3cc(OC)ccc3[C@H]2CC[C@]1(C)C=Nc1cc(C(F)(F)F)cc(C(F)(F)F)c1. The largest absolute Gasteiger partial charge is 0.497 e. The third-order valence-electron chi connectivity index (χ3n) is 8.05. The van der Waals surface area contributed by atoms with E-state index in [2.05, 4.69) is 31.0 Å². The van der Waals surface area contributed by atoms with Crippen LogP contribution in [0.3, 0.4) is 0 Å². The first-order valence-electron chi connectivity index (χ1n) is 12.4. The Morgan fingerprint density at radius 2 is 1.67 bits per heavy atom. The van der Waals surface area contributed by atoms with Gasteiger partial charge in [0.2, 0.25) is 0 Å². The van der Waals surface area contributed by atoms with E-state index in [0.717, 1.165) is 44.3 Å². The van der Waals surface area contributed by atoms with Crippen molar-refractivity contribution in [1.29, 1.82) is 0 Å². The molecule has 0 bridgehead atoms. The highest BCUT2D eigenvalue weighted by Crippen LogP contribution is 2.56. The number of hydrogen-bond acceptors (Lipinski definition) is 2. The highest BCUT2D eigenvalue weighted by molar-refractivity contribution is 5.71.